The topological polar surface area (TPSA) is 113 Å². The number of carbonyl (C=O) groups excluding carboxylic acids is 1. The molecule has 140 valence electrons. The number of likely N-dealkylation sites (N-methyl/N-ethyl adjacent to an activating group) is 1. The average molecular weight is 393 g/mol. The van der Waals surface area contributed by atoms with Crippen molar-refractivity contribution in [3.63, 3.8) is 0 Å². The number of amides is 1. The Labute approximate surface area is 152 Å². The summed E-state index contributed by atoms with van der Waals surface area (Å²) in [6.07, 6.45) is 0. The van der Waals surface area contributed by atoms with Gasteiger partial charge < -0.3 is 10.2 Å². The zero-order chi connectivity index (χ0) is 17.9. The predicted molar refractivity (Wildman–Crippen MR) is 94.3 cm³/mol. The Kier molecular flexibility index (Phi) is 7.29. The van der Waals surface area contributed by atoms with Gasteiger partial charge in [0.2, 0.25) is 15.9 Å². The maximum atomic E-state index is 12.8. The van der Waals surface area contributed by atoms with Crippen molar-refractivity contribution in [1.82, 2.24) is 14.5 Å². The molecule has 1 saturated heterocycles. The van der Waals surface area contributed by atoms with Crippen LogP contribution in [0.1, 0.15) is 5.56 Å². The van der Waals surface area contributed by atoms with Gasteiger partial charge in [-0.1, -0.05) is 6.07 Å². The van der Waals surface area contributed by atoms with Gasteiger partial charge >= 0.3 is 0 Å². The smallest absolute Gasteiger partial charge is 0.270 e. The van der Waals surface area contributed by atoms with Gasteiger partial charge in [0.05, 0.1) is 16.4 Å². The summed E-state index contributed by atoms with van der Waals surface area (Å²) in [5.41, 5.74) is 0.191. The van der Waals surface area contributed by atoms with E-state index in [4.69, 9.17) is 0 Å². The van der Waals surface area contributed by atoms with Crippen LogP contribution in [0.25, 0.3) is 0 Å². The molecular weight excluding hydrogens is 372 g/mol. The molecule has 1 amide bonds. The molecule has 25 heavy (non-hydrogen) atoms. The van der Waals surface area contributed by atoms with Crippen molar-refractivity contribution in [2.75, 3.05) is 39.8 Å². The zero-order valence-electron chi connectivity index (χ0n) is 14.0. The lowest BCUT2D eigenvalue weighted by atomic mass is 10.2. The molecule has 1 aromatic rings. The number of carbonyl (C=O) groups is 1. The molecule has 0 saturated carbocycles. The minimum absolute atomic E-state index is 0. The Balaban J connectivity index is 0.00000312. The van der Waals surface area contributed by atoms with E-state index >= 15 is 0 Å². The summed E-state index contributed by atoms with van der Waals surface area (Å²) in [7, 11) is -2.16. The van der Waals surface area contributed by atoms with Crippen LogP contribution in [0.4, 0.5) is 5.69 Å². The first-order chi connectivity index (χ1) is 11.3. The minimum Gasteiger partial charge on any atom is -0.339 e. The van der Waals surface area contributed by atoms with E-state index in [1.165, 1.54) is 16.4 Å². The molecule has 1 aromatic carbocycles. The van der Waals surface area contributed by atoms with Crippen molar-refractivity contribution < 1.29 is 18.1 Å². The number of halogens is 1. The fraction of sp³-hybridized carbons (Fsp3) is 0.500. The molecule has 0 bridgehead atoms. The fourth-order valence-corrected chi connectivity index (χ4v) is 4.23. The number of hydrogen-bond acceptors (Lipinski definition) is 6. The summed E-state index contributed by atoms with van der Waals surface area (Å²) in [5, 5.41) is 13.7. The maximum absolute atomic E-state index is 12.8. The molecule has 0 unspecified atom stereocenters. The Morgan fingerprint density at radius 3 is 2.40 bits per heavy atom. The molecule has 0 atom stereocenters. The van der Waals surface area contributed by atoms with Crippen LogP contribution in [0.15, 0.2) is 23.1 Å². The number of non-ortho nitro benzene ring substituents is 1. The molecule has 0 aromatic heterocycles. The van der Waals surface area contributed by atoms with E-state index in [0.717, 1.165) is 6.07 Å². The molecule has 9 nitrogen and oxygen atoms in total. The number of hydrogen-bond donors (Lipinski definition) is 1. The summed E-state index contributed by atoms with van der Waals surface area (Å²) in [6.45, 7) is 2.74. The van der Waals surface area contributed by atoms with Gasteiger partial charge in [-0.15, -0.1) is 12.4 Å². The standard InChI is InChI=1S/C14H20N4O5S.ClH/c1-11-3-4-12(18(20)21)9-13(11)24(22,23)17-7-5-16(6-8-17)14(19)10-15-2;/h3-4,9,15H,5-8,10H2,1-2H3;1H. The predicted octanol–water partition coefficient (Wildman–Crippen LogP) is 0.377. The van der Waals surface area contributed by atoms with E-state index < -0.39 is 14.9 Å². The number of rotatable bonds is 5. The summed E-state index contributed by atoms with van der Waals surface area (Å²) in [4.78, 5) is 23.6. The first-order valence-electron chi connectivity index (χ1n) is 7.45. The third-order valence-corrected chi connectivity index (χ3v) is 5.96. The van der Waals surface area contributed by atoms with Gasteiger partial charge in [-0.2, -0.15) is 4.31 Å². The monoisotopic (exact) mass is 392 g/mol. The van der Waals surface area contributed by atoms with Gasteiger partial charge in [0.15, 0.2) is 0 Å². The Morgan fingerprint density at radius 1 is 1.28 bits per heavy atom. The first-order valence-corrected chi connectivity index (χ1v) is 8.89. The molecule has 1 heterocycles. The number of aryl methyl sites for hydroxylation is 1. The number of sulfonamides is 1. The molecule has 1 aliphatic heterocycles. The second-order valence-electron chi connectivity index (χ2n) is 5.52. The van der Waals surface area contributed by atoms with Gasteiger partial charge in [-0.25, -0.2) is 8.42 Å². The molecule has 0 radical (unpaired) electrons. The van der Waals surface area contributed by atoms with Crippen molar-refractivity contribution in [2.45, 2.75) is 11.8 Å². The number of nitrogens with one attached hydrogen (secondary N) is 1. The van der Waals surface area contributed by atoms with Crippen molar-refractivity contribution in [3.05, 3.63) is 33.9 Å². The van der Waals surface area contributed by atoms with Crippen LogP contribution < -0.4 is 5.32 Å². The molecule has 1 aliphatic rings. The quantitative estimate of drug-likeness (QED) is 0.572. The Hall–Kier alpha value is -1.75. The second-order valence-corrected chi connectivity index (χ2v) is 7.43. The first kappa shape index (κ1) is 21.3. The lowest BCUT2D eigenvalue weighted by Gasteiger charge is -2.34. The van der Waals surface area contributed by atoms with Crippen LogP contribution in [0.2, 0.25) is 0 Å². The third kappa shape index (κ3) is 4.66. The molecule has 0 aliphatic carbocycles. The lowest BCUT2D eigenvalue weighted by Crippen LogP contribution is -2.52. The van der Waals surface area contributed by atoms with Crippen LogP contribution in [0.3, 0.4) is 0 Å². The fourth-order valence-electron chi connectivity index (χ4n) is 2.56. The van der Waals surface area contributed by atoms with Crippen molar-refractivity contribution in [1.29, 1.82) is 0 Å². The van der Waals surface area contributed by atoms with Crippen LogP contribution in [-0.4, -0.2) is 68.2 Å². The summed E-state index contributed by atoms with van der Waals surface area (Å²) >= 11 is 0. The highest BCUT2D eigenvalue weighted by Gasteiger charge is 2.31. The number of piperazine rings is 1. The third-order valence-electron chi connectivity index (χ3n) is 3.92. The van der Waals surface area contributed by atoms with Gasteiger partial charge in [0, 0.05) is 38.3 Å². The van der Waals surface area contributed by atoms with E-state index in [1.54, 1.807) is 18.9 Å². The van der Waals surface area contributed by atoms with E-state index in [-0.39, 0.29) is 48.5 Å². The number of nitro groups is 1. The largest absolute Gasteiger partial charge is 0.339 e. The highest BCUT2D eigenvalue weighted by atomic mass is 35.5. The zero-order valence-corrected chi connectivity index (χ0v) is 15.6. The van der Waals surface area contributed by atoms with Crippen LogP contribution >= 0.6 is 12.4 Å². The van der Waals surface area contributed by atoms with Crippen LogP contribution in [0.5, 0.6) is 0 Å². The van der Waals surface area contributed by atoms with Gasteiger partial charge in [0.25, 0.3) is 5.69 Å². The molecule has 2 rings (SSSR count). The normalized spacial score (nSPS) is 15.5. The number of nitro benzene ring substituents is 1. The Bertz CT molecular complexity index is 748. The second kappa shape index (κ2) is 8.56. The van der Waals surface area contributed by atoms with E-state index in [0.29, 0.717) is 18.7 Å². The summed E-state index contributed by atoms with van der Waals surface area (Å²) in [5.74, 6) is -0.0823. The van der Waals surface area contributed by atoms with Crippen molar-refractivity contribution in [2.24, 2.45) is 0 Å². The molecular formula is C14H21ClN4O5S. The SMILES string of the molecule is CNCC(=O)N1CCN(S(=O)(=O)c2cc([N+](=O)[O-])ccc2C)CC1.Cl. The van der Waals surface area contributed by atoms with Crippen LogP contribution in [0, 0.1) is 17.0 Å². The maximum Gasteiger partial charge on any atom is 0.270 e. The summed E-state index contributed by atoms with van der Waals surface area (Å²) in [6, 6.07) is 3.80. The molecule has 11 heteroatoms. The lowest BCUT2D eigenvalue weighted by molar-refractivity contribution is -0.385. The number of benzene rings is 1. The van der Waals surface area contributed by atoms with Crippen molar-refractivity contribution in [3.8, 4) is 0 Å². The van der Waals surface area contributed by atoms with E-state index in [9.17, 15) is 23.3 Å². The van der Waals surface area contributed by atoms with Crippen molar-refractivity contribution >= 4 is 34.0 Å². The number of nitrogens with zero attached hydrogens (tertiary/aromatic N) is 3. The minimum atomic E-state index is -3.83. The van der Waals surface area contributed by atoms with Gasteiger partial charge in [0.1, 0.15) is 0 Å². The average Bonchev–Trinajstić information content (AvgIpc) is 2.55. The summed E-state index contributed by atoms with van der Waals surface area (Å²) < 4.78 is 26.8. The molecule has 1 fully saturated rings. The molecule has 0 spiro atoms. The highest BCUT2D eigenvalue weighted by Crippen LogP contribution is 2.25. The highest BCUT2D eigenvalue weighted by molar-refractivity contribution is 7.89. The van der Waals surface area contributed by atoms with Gasteiger partial charge in [-0.05, 0) is 19.5 Å². The Morgan fingerprint density at radius 2 is 1.88 bits per heavy atom. The van der Waals surface area contributed by atoms with Crippen LogP contribution in [-0.2, 0) is 14.8 Å². The van der Waals surface area contributed by atoms with Gasteiger partial charge in [-0.3, -0.25) is 14.9 Å². The van der Waals surface area contributed by atoms with E-state index in [2.05, 4.69) is 5.32 Å². The van der Waals surface area contributed by atoms with E-state index in [1.807, 2.05) is 0 Å². The molecule has 1 N–H and O–H groups in total.